The minimum Gasteiger partial charge on any atom is -0.398 e. The van der Waals surface area contributed by atoms with Crippen LogP contribution in [0.15, 0.2) is 29.7 Å². The lowest BCUT2D eigenvalue weighted by atomic mass is 10.2. The predicted molar refractivity (Wildman–Crippen MR) is 72.7 cm³/mol. The van der Waals surface area contributed by atoms with E-state index in [1.807, 2.05) is 0 Å². The van der Waals surface area contributed by atoms with Crippen LogP contribution in [0.2, 0.25) is 0 Å². The number of hydrogen-bond acceptors (Lipinski definition) is 3. The Morgan fingerprint density at radius 2 is 2.16 bits per heavy atom. The van der Waals surface area contributed by atoms with Crippen molar-refractivity contribution in [2.45, 2.75) is 30.7 Å². The number of rotatable bonds is 5. The Bertz CT molecular complexity index is 609. The normalized spacial score (nSPS) is 15.7. The van der Waals surface area contributed by atoms with E-state index in [2.05, 4.69) is 6.58 Å². The second-order valence-corrected chi connectivity index (χ2v) is 6.59. The van der Waals surface area contributed by atoms with Gasteiger partial charge in [0.1, 0.15) is 10.7 Å². The van der Waals surface area contributed by atoms with Crippen LogP contribution >= 0.6 is 0 Å². The molecule has 0 aliphatic heterocycles. The van der Waals surface area contributed by atoms with Crippen molar-refractivity contribution in [3.8, 4) is 0 Å². The van der Waals surface area contributed by atoms with Crippen LogP contribution in [0, 0.1) is 12.7 Å². The number of halogens is 1. The first-order valence-electron chi connectivity index (χ1n) is 6.06. The molecular weight excluding hydrogens is 267 g/mol. The largest absolute Gasteiger partial charge is 0.398 e. The number of benzene rings is 1. The third-order valence-electron chi connectivity index (χ3n) is 3.17. The fourth-order valence-corrected chi connectivity index (χ4v) is 3.66. The maximum absolute atomic E-state index is 13.9. The summed E-state index contributed by atoms with van der Waals surface area (Å²) in [7, 11) is -3.86. The topological polar surface area (TPSA) is 63.4 Å². The van der Waals surface area contributed by atoms with E-state index in [9.17, 15) is 12.8 Å². The Kier molecular flexibility index (Phi) is 3.64. The van der Waals surface area contributed by atoms with Crippen LogP contribution in [-0.4, -0.2) is 25.3 Å². The molecule has 2 rings (SSSR count). The van der Waals surface area contributed by atoms with Crippen molar-refractivity contribution in [1.29, 1.82) is 0 Å². The minimum absolute atomic E-state index is 0.0510. The molecule has 6 heteroatoms. The molecule has 1 aromatic carbocycles. The average Bonchev–Trinajstić information content (AvgIpc) is 3.14. The first-order valence-corrected chi connectivity index (χ1v) is 7.50. The quantitative estimate of drug-likeness (QED) is 0.665. The van der Waals surface area contributed by atoms with Crippen molar-refractivity contribution in [2.75, 3.05) is 12.3 Å². The van der Waals surface area contributed by atoms with Gasteiger partial charge >= 0.3 is 0 Å². The molecule has 0 amide bonds. The summed E-state index contributed by atoms with van der Waals surface area (Å²) < 4.78 is 40.1. The molecule has 0 unspecified atom stereocenters. The van der Waals surface area contributed by atoms with Gasteiger partial charge in [-0.25, -0.2) is 12.8 Å². The maximum Gasteiger partial charge on any atom is 0.246 e. The monoisotopic (exact) mass is 284 g/mol. The van der Waals surface area contributed by atoms with Gasteiger partial charge in [0.2, 0.25) is 10.0 Å². The standard InChI is InChI=1S/C13H17FN2O2S/c1-3-6-16(10-4-5-10)19(17,18)13-8-12(15)9(2)7-11(13)14/h3,7-8,10H,1,4-6,15H2,2H3. The molecule has 104 valence electrons. The Balaban J connectivity index is 2.48. The van der Waals surface area contributed by atoms with E-state index in [0.29, 0.717) is 5.56 Å². The van der Waals surface area contributed by atoms with Gasteiger partial charge in [0.05, 0.1) is 0 Å². The Hall–Kier alpha value is -1.40. The van der Waals surface area contributed by atoms with Gasteiger partial charge in [0.15, 0.2) is 0 Å². The smallest absolute Gasteiger partial charge is 0.246 e. The highest BCUT2D eigenvalue weighted by molar-refractivity contribution is 7.89. The summed E-state index contributed by atoms with van der Waals surface area (Å²) in [5, 5.41) is 0. The number of aryl methyl sites for hydroxylation is 1. The van der Waals surface area contributed by atoms with Crippen LogP contribution in [0.4, 0.5) is 10.1 Å². The van der Waals surface area contributed by atoms with Gasteiger partial charge in [-0.3, -0.25) is 0 Å². The third kappa shape index (κ3) is 2.64. The highest BCUT2D eigenvalue weighted by Crippen LogP contribution is 2.33. The lowest BCUT2D eigenvalue weighted by molar-refractivity contribution is 0.431. The molecule has 2 N–H and O–H groups in total. The Labute approximate surface area is 112 Å². The van der Waals surface area contributed by atoms with Gasteiger partial charge in [-0.05, 0) is 37.5 Å². The van der Waals surface area contributed by atoms with E-state index in [1.165, 1.54) is 16.4 Å². The molecule has 0 saturated heterocycles. The third-order valence-corrected chi connectivity index (χ3v) is 5.10. The fraction of sp³-hybridized carbons (Fsp3) is 0.385. The van der Waals surface area contributed by atoms with E-state index in [1.54, 1.807) is 6.92 Å². The molecule has 1 aliphatic carbocycles. The maximum atomic E-state index is 13.9. The molecule has 19 heavy (non-hydrogen) atoms. The first-order chi connectivity index (χ1) is 8.87. The van der Waals surface area contributed by atoms with E-state index >= 15 is 0 Å². The minimum atomic E-state index is -3.86. The molecule has 4 nitrogen and oxygen atoms in total. The van der Waals surface area contributed by atoms with E-state index in [0.717, 1.165) is 18.9 Å². The average molecular weight is 284 g/mol. The lowest BCUT2D eigenvalue weighted by Crippen LogP contribution is -2.33. The Morgan fingerprint density at radius 3 is 2.68 bits per heavy atom. The van der Waals surface area contributed by atoms with Gasteiger partial charge in [0, 0.05) is 18.3 Å². The van der Waals surface area contributed by atoms with Crippen molar-refractivity contribution >= 4 is 15.7 Å². The molecule has 1 aliphatic rings. The molecule has 0 bridgehead atoms. The fourth-order valence-electron chi connectivity index (χ4n) is 1.93. The number of nitrogens with two attached hydrogens (primary N) is 1. The number of anilines is 1. The van der Waals surface area contributed by atoms with Crippen LogP contribution in [0.1, 0.15) is 18.4 Å². The van der Waals surface area contributed by atoms with E-state index in [-0.39, 0.29) is 23.2 Å². The zero-order valence-electron chi connectivity index (χ0n) is 10.8. The van der Waals surface area contributed by atoms with Crippen LogP contribution in [0.25, 0.3) is 0 Å². The second-order valence-electron chi connectivity index (χ2n) is 4.73. The number of nitrogen functional groups attached to an aromatic ring is 1. The lowest BCUT2D eigenvalue weighted by Gasteiger charge is -2.21. The van der Waals surface area contributed by atoms with Crippen molar-refractivity contribution in [2.24, 2.45) is 0 Å². The molecule has 0 radical (unpaired) electrons. The molecule has 0 heterocycles. The first kappa shape index (κ1) is 14.0. The molecular formula is C13H17FN2O2S. The molecule has 0 spiro atoms. The SMILES string of the molecule is C=CCN(C1CC1)S(=O)(=O)c1cc(N)c(C)cc1F. The summed E-state index contributed by atoms with van der Waals surface area (Å²) in [6, 6.07) is 2.30. The van der Waals surface area contributed by atoms with Crippen molar-refractivity contribution in [3.63, 3.8) is 0 Å². The summed E-state index contributed by atoms with van der Waals surface area (Å²) in [6.45, 7) is 5.36. The van der Waals surface area contributed by atoms with Gasteiger partial charge in [-0.1, -0.05) is 6.08 Å². The van der Waals surface area contributed by atoms with Crippen molar-refractivity contribution in [3.05, 3.63) is 36.2 Å². The summed E-state index contributed by atoms with van der Waals surface area (Å²) in [5.74, 6) is -0.763. The van der Waals surface area contributed by atoms with Gasteiger partial charge in [-0.15, -0.1) is 6.58 Å². The van der Waals surface area contributed by atoms with Crippen LogP contribution in [-0.2, 0) is 10.0 Å². The summed E-state index contributed by atoms with van der Waals surface area (Å²) in [4.78, 5) is -0.357. The summed E-state index contributed by atoms with van der Waals surface area (Å²) >= 11 is 0. The molecule has 1 fully saturated rings. The Morgan fingerprint density at radius 1 is 1.53 bits per heavy atom. The van der Waals surface area contributed by atoms with Gasteiger partial charge in [0.25, 0.3) is 0 Å². The van der Waals surface area contributed by atoms with Crippen LogP contribution in [0.3, 0.4) is 0 Å². The zero-order chi connectivity index (χ0) is 14.2. The zero-order valence-corrected chi connectivity index (χ0v) is 11.6. The summed E-state index contributed by atoms with van der Waals surface area (Å²) in [6.07, 6.45) is 3.11. The van der Waals surface area contributed by atoms with E-state index < -0.39 is 15.8 Å². The molecule has 1 saturated carbocycles. The van der Waals surface area contributed by atoms with Gasteiger partial charge < -0.3 is 5.73 Å². The summed E-state index contributed by atoms with van der Waals surface area (Å²) in [5.41, 5.74) is 6.48. The molecule has 0 aromatic heterocycles. The van der Waals surface area contributed by atoms with E-state index in [4.69, 9.17) is 5.73 Å². The van der Waals surface area contributed by atoms with Crippen LogP contribution in [0.5, 0.6) is 0 Å². The highest BCUT2D eigenvalue weighted by atomic mass is 32.2. The number of hydrogen-bond donors (Lipinski definition) is 1. The number of sulfonamides is 1. The second kappa shape index (κ2) is 4.94. The van der Waals surface area contributed by atoms with Gasteiger partial charge in [-0.2, -0.15) is 4.31 Å². The predicted octanol–water partition coefficient (Wildman–Crippen LogP) is 2.06. The van der Waals surface area contributed by atoms with Crippen LogP contribution < -0.4 is 5.73 Å². The molecule has 0 atom stereocenters. The highest BCUT2D eigenvalue weighted by Gasteiger charge is 2.38. The van der Waals surface area contributed by atoms with Crippen molar-refractivity contribution in [1.82, 2.24) is 4.31 Å². The molecule has 1 aromatic rings. The van der Waals surface area contributed by atoms with Crippen molar-refractivity contribution < 1.29 is 12.8 Å². The number of nitrogens with zero attached hydrogens (tertiary/aromatic N) is 1.